The van der Waals surface area contributed by atoms with E-state index in [-0.39, 0.29) is 5.69 Å². The maximum Gasteiger partial charge on any atom is 0.358 e. The molecule has 0 bridgehead atoms. The Hall–Kier alpha value is -2.75. The Morgan fingerprint density at radius 3 is 2.19 bits per heavy atom. The van der Waals surface area contributed by atoms with Crippen LogP contribution in [-0.4, -0.2) is 23.0 Å². The van der Waals surface area contributed by atoms with Crippen LogP contribution in [0.4, 0.5) is 0 Å². The van der Waals surface area contributed by atoms with E-state index in [2.05, 4.69) is 9.97 Å². The summed E-state index contributed by atoms with van der Waals surface area (Å²) in [4.78, 5) is 21.0. The molecule has 3 aromatic rings. The maximum atomic E-state index is 12.0. The van der Waals surface area contributed by atoms with Gasteiger partial charge in [0.15, 0.2) is 5.69 Å². The topological polar surface area (TPSA) is 52.1 Å². The maximum absolute atomic E-state index is 12.0. The predicted molar refractivity (Wildman–Crippen MR) is 81.1 cm³/mol. The van der Waals surface area contributed by atoms with Gasteiger partial charge in [-0.2, -0.15) is 0 Å². The van der Waals surface area contributed by atoms with Crippen LogP contribution < -0.4 is 0 Å². The zero-order chi connectivity index (χ0) is 14.8. The fourth-order valence-corrected chi connectivity index (χ4v) is 2.15. The van der Waals surface area contributed by atoms with Gasteiger partial charge in [0.1, 0.15) is 5.69 Å². The normalized spacial score (nSPS) is 10.6. The molecule has 0 fully saturated rings. The Labute approximate surface area is 122 Å². The minimum absolute atomic E-state index is 0.236. The largest absolute Gasteiger partial charge is 0.464 e. The Balaban J connectivity index is 2.27. The van der Waals surface area contributed by atoms with Crippen molar-refractivity contribution in [2.75, 3.05) is 7.11 Å². The van der Waals surface area contributed by atoms with Crippen molar-refractivity contribution in [3.05, 3.63) is 59.8 Å². The zero-order valence-corrected chi connectivity index (χ0v) is 11.8. The van der Waals surface area contributed by atoms with E-state index in [1.807, 2.05) is 55.5 Å². The van der Waals surface area contributed by atoms with Crippen LogP contribution in [-0.2, 0) is 4.74 Å². The predicted octanol–water partition coefficient (Wildman–Crippen LogP) is 3.39. The molecule has 3 rings (SSSR count). The SMILES string of the molecule is COC(=O)c1nc2ccccc2nc1-c1ccc(C)cc1. The van der Waals surface area contributed by atoms with E-state index in [0.29, 0.717) is 11.2 Å². The molecule has 0 spiro atoms. The number of fused-ring (bicyclic) bond motifs is 1. The number of hydrogen-bond acceptors (Lipinski definition) is 4. The summed E-state index contributed by atoms with van der Waals surface area (Å²) in [7, 11) is 1.35. The third kappa shape index (κ3) is 2.48. The van der Waals surface area contributed by atoms with Crippen molar-refractivity contribution in [2.24, 2.45) is 0 Å². The smallest absolute Gasteiger partial charge is 0.358 e. The van der Waals surface area contributed by atoms with Crippen molar-refractivity contribution < 1.29 is 9.53 Å². The van der Waals surface area contributed by atoms with Crippen LogP contribution in [0.25, 0.3) is 22.3 Å². The lowest BCUT2D eigenvalue weighted by atomic mass is 10.1. The van der Waals surface area contributed by atoms with Crippen LogP contribution in [0.3, 0.4) is 0 Å². The van der Waals surface area contributed by atoms with Crippen LogP contribution in [0.5, 0.6) is 0 Å². The Kier molecular flexibility index (Phi) is 3.36. The lowest BCUT2D eigenvalue weighted by Crippen LogP contribution is -2.08. The number of benzene rings is 2. The van der Waals surface area contributed by atoms with Gasteiger partial charge in [-0.05, 0) is 19.1 Å². The van der Waals surface area contributed by atoms with Crippen LogP contribution in [0.1, 0.15) is 16.1 Å². The summed E-state index contributed by atoms with van der Waals surface area (Å²) in [5.41, 5.74) is 4.20. The molecule has 0 N–H and O–H groups in total. The molecule has 0 saturated carbocycles. The van der Waals surface area contributed by atoms with Gasteiger partial charge in [0.05, 0.1) is 18.1 Å². The lowest BCUT2D eigenvalue weighted by molar-refractivity contribution is 0.0595. The number of aromatic nitrogens is 2. The molecular weight excluding hydrogens is 264 g/mol. The van der Waals surface area contributed by atoms with Crippen molar-refractivity contribution >= 4 is 17.0 Å². The number of carbonyl (C=O) groups is 1. The van der Waals surface area contributed by atoms with Gasteiger partial charge in [0.25, 0.3) is 0 Å². The highest BCUT2D eigenvalue weighted by Gasteiger charge is 2.18. The highest BCUT2D eigenvalue weighted by atomic mass is 16.5. The molecule has 0 aliphatic carbocycles. The average molecular weight is 278 g/mol. The molecule has 2 aromatic carbocycles. The minimum Gasteiger partial charge on any atom is -0.464 e. The van der Waals surface area contributed by atoms with E-state index in [0.717, 1.165) is 16.6 Å². The molecule has 0 radical (unpaired) electrons. The molecular formula is C17H14N2O2. The number of methoxy groups -OCH3 is 1. The van der Waals surface area contributed by atoms with Gasteiger partial charge in [-0.1, -0.05) is 42.0 Å². The van der Waals surface area contributed by atoms with Gasteiger partial charge < -0.3 is 4.74 Å². The number of rotatable bonds is 2. The Bertz CT molecular complexity index is 811. The fourth-order valence-electron chi connectivity index (χ4n) is 2.15. The molecule has 0 saturated heterocycles. The van der Waals surface area contributed by atoms with E-state index in [1.54, 1.807) is 0 Å². The first kappa shape index (κ1) is 13.2. The van der Waals surface area contributed by atoms with Crippen molar-refractivity contribution in [1.82, 2.24) is 9.97 Å². The summed E-state index contributed by atoms with van der Waals surface area (Å²) in [5, 5.41) is 0. The number of carbonyl (C=O) groups excluding carboxylic acids is 1. The van der Waals surface area contributed by atoms with Crippen molar-refractivity contribution in [3.63, 3.8) is 0 Å². The van der Waals surface area contributed by atoms with Gasteiger partial charge in [-0.25, -0.2) is 14.8 Å². The lowest BCUT2D eigenvalue weighted by Gasteiger charge is -2.08. The Morgan fingerprint density at radius 1 is 0.952 bits per heavy atom. The molecule has 104 valence electrons. The average Bonchev–Trinajstić information content (AvgIpc) is 2.53. The number of hydrogen-bond donors (Lipinski definition) is 0. The molecule has 21 heavy (non-hydrogen) atoms. The van der Waals surface area contributed by atoms with E-state index >= 15 is 0 Å². The fraction of sp³-hybridized carbons (Fsp3) is 0.118. The molecule has 0 unspecified atom stereocenters. The third-order valence-corrected chi connectivity index (χ3v) is 3.27. The van der Waals surface area contributed by atoms with Gasteiger partial charge in [-0.15, -0.1) is 0 Å². The first-order valence-corrected chi connectivity index (χ1v) is 6.61. The second kappa shape index (κ2) is 5.32. The van der Waals surface area contributed by atoms with E-state index < -0.39 is 5.97 Å². The Morgan fingerprint density at radius 2 is 1.57 bits per heavy atom. The molecule has 4 heteroatoms. The molecule has 1 aromatic heterocycles. The van der Waals surface area contributed by atoms with Gasteiger partial charge in [-0.3, -0.25) is 0 Å². The summed E-state index contributed by atoms with van der Waals surface area (Å²) >= 11 is 0. The highest BCUT2D eigenvalue weighted by Crippen LogP contribution is 2.24. The van der Waals surface area contributed by atoms with Crippen LogP contribution in [0.2, 0.25) is 0 Å². The number of ether oxygens (including phenoxy) is 1. The van der Waals surface area contributed by atoms with Gasteiger partial charge >= 0.3 is 5.97 Å². The number of aryl methyl sites for hydroxylation is 1. The second-order valence-electron chi connectivity index (χ2n) is 4.77. The van der Waals surface area contributed by atoms with Gasteiger partial charge in [0, 0.05) is 5.56 Å². The van der Waals surface area contributed by atoms with E-state index in [9.17, 15) is 4.79 Å². The quantitative estimate of drug-likeness (QED) is 0.674. The minimum atomic E-state index is -0.483. The number of nitrogens with zero attached hydrogens (tertiary/aromatic N) is 2. The number of para-hydroxylation sites is 2. The second-order valence-corrected chi connectivity index (χ2v) is 4.77. The summed E-state index contributed by atoms with van der Waals surface area (Å²) in [6.07, 6.45) is 0. The molecule has 0 atom stereocenters. The first-order chi connectivity index (χ1) is 10.2. The number of esters is 1. The zero-order valence-electron chi connectivity index (χ0n) is 11.8. The molecule has 1 heterocycles. The van der Waals surface area contributed by atoms with E-state index in [4.69, 9.17) is 4.74 Å². The highest BCUT2D eigenvalue weighted by molar-refractivity contribution is 5.96. The molecule has 0 amide bonds. The summed E-state index contributed by atoms with van der Waals surface area (Å²) in [6.45, 7) is 2.01. The van der Waals surface area contributed by atoms with Crippen molar-refractivity contribution in [2.45, 2.75) is 6.92 Å². The third-order valence-electron chi connectivity index (χ3n) is 3.27. The van der Waals surface area contributed by atoms with Crippen LogP contribution in [0, 0.1) is 6.92 Å². The summed E-state index contributed by atoms with van der Waals surface area (Å²) in [5.74, 6) is -0.483. The first-order valence-electron chi connectivity index (χ1n) is 6.61. The standard InChI is InChI=1S/C17H14N2O2/c1-11-7-9-12(10-8-11)15-16(17(20)21-2)19-14-6-4-3-5-13(14)18-15/h3-10H,1-2H3. The monoisotopic (exact) mass is 278 g/mol. The van der Waals surface area contributed by atoms with Gasteiger partial charge in [0.2, 0.25) is 0 Å². The van der Waals surface area contributed by atoms with Crippen molar-refractivity contribution in [1.29, 1.82) is 0 Å². The summed E-state index contributed by atoms with van der Waals surface area (Å²) < 4.78 is 4.83. The van der Waals surface area contributed by atoms with Crippen LogP contribution in [0.15, 0.2) is 48.5 Å². The van der Waals surface area contributed by atoms with Crippen LogP contribution >= 0.6 is 0 Å². The summed E-state index contributed by atoms with van der Waals surface area (Å²) in [6, 6.07) is 15.3. The molecule has 4 nitrogen and oxygen atoms in total. The van der Waals surface area contributed by atoms with E-state index in [1.165, 1.54) is 7.11 Å². The molecule has 0 aliphatic rings. The van der Waals surface area contributed by atoms with Crippen molar-refractivity contribution in [3.8, 4) is 11.3 Å². The molecule has 0 aliphatic heterocycles.